The van der Waals surface area contributed by atoms with Gasteiger partial charge in [-0.25, -0.2) is 0 Å². The van der Waals surface area contributed by atoms with Crippen LogP contribution in [0.5, 0.6) is 0 Å². The van der Waals surface area contributed by atoms with Gasteiger partial charge in [-0.2, -0.15) is 0 Å². The first kappa shape index (κ1) is 13.7. The highest BCUT2D eigenvalue weighted by Gasteiger charge is 2.67. The number of carbonyl (C=O) groups is 1. The molecule has 3 nitrogen and oxygen atoms in total. The van der Waals surface area contributed by atoms with Crippen LogP contribution in [0.15, 0.2) is 35.9 Å². The van der Waals surface area contributed by atoms with Crippen molar-refractivity contribution < 1.29 is 4.79 Å². The summed E-state index contributed by atoms with van der Waals surface area (Å²) in [6, 6.07) is 9.71. The van der Waals surface area contributed by atoms with E-state index in [9.17, 15) is 4.79 Å². The van der Waals surface area contributed by atoms with E-state index in [0.29, 0.717) is 30.3 Å². The summed E-state index contributed by atoms with van der Waals surface area (Å²) in [7, 11) is 0. The van der Waals surface area contributed by atoms with Crippen molar-refractivity contribution in [2.75, 3.05) is 18.0 Å². The molecule has 3 fully saturated rings. The zero-order valence-electron chi connectivity index (χ0n) is 14.2. The molecule has 2 saturated heterocycles. The Morgan fingerprint density at radius 1 is 1.29 bits per heavy atom. The summed E-state index contributed by atoms with van der Waals surface area (Å²) < 4.78 is 0. The lowest BCUT2D eigenvalue weighted by molar-refractivity contribution is -0.119. The molecular formula is C21H24N2O. The number of anilines is 1. The van der Waals surface area contributed by atoms with Crippen LogP contribution in [-0.4, -0.2) is 36.0 Å². The predicted octanol–water partition coefficient (Wildman–Crippen LogP) is 3.10. The number of hydrogen-bond donors (Lipinski definition) is 0. The van der Waals surface area contributed by atoms with Gasteiger partial charge < -0.3 is 4.90 Å². The zero-order valence-corrected chi connectivity index (χ0v) is 14.2. The van der Waals surface area contributed by atoms with Crippen molar-refractivity contribution >= 4 is 11.6 Å². The maximum atomic E-state index is 12.9. The van der Waals surface area contributed by atoms with Crippen LogP contribution in [0.3, 0.4) is 0 Å². The van der Waals surface area contributed by atoms with Gasteiger partial charge in [0.2, 0.25) is 5.91 Å². The average molecular weight is 320 g/mol. The van der Waals surface area contributed by atoms with Crippen molar-refractivity contribution in [3.8, 4) is 0 Å². The Kier molecular flexibility index (Phi) is 2.46. The first-order valence-electron chi connectivity index (χ1n) is 9.61. The molecule has 4 aliphatic heterocycles. The number of benzene rings is 1. The van der Waals surface area contributed by atoms with E-state index in [2.05, 4.69) is 47.1 Å². The quantitative estimate of drug-likeness (QED) is 0.742. The van der Waals surface area contributed by atoms with Crippen LogP contribution in [-0.2, 0) is 10.2 Å². The second-order valence-corrected chi connectivity index (χ2v) is 8.40. The molecule has 124 valence electrons. The Labute approximate surface area is 143 Å². The molecule has 1 aromatic carbocycles. The van der Waals surface area contributed by atoms with Crippen molar-refractivity contribution in [3.05, 3.63) is 41.5 Å². The Balaban J connectivity index is 1.64. The molecule has 1 aliphatic carbocycles. The molecule has 5 atom stereocenters. The van der Waals surface area contributed by atoms with Crippen molar-refractivity contribution in [2.24, 2.45) is 11.8 Å². The number of piperidine rings is 1. The van der Waals surface area contributed by atoms with E-state index in [1.807, 2.05) is 0 Å². The lowest BCUT2D eigenvalue weighted by Gasteiger charge is -2.56. The van der Waals surface area contributed by atoms with Crippen LogP contribution >= 0.6 is 0 Å². The molecular weight excluding hydrogens is 296 g/mol. The summed E-state index contributed by atoms with van der Waals surface area (Å²) in [6.07, 6.45) is 6.69. The van der Waals surface area contributed by atoms with Gasteiger partial charge in [-0.3, -0.25) is 9.69 Å². The normalized spacial score (nSPS) is 42.0. The fraction of sp³-hybridized carbons (Fsp3) is 0.571. The standard InChI is InChI=1S/C21H24N2O/c1-2-13-12-22-10-9-21-16-5-3-4-6-17(16)23-19(24)8-7-14(20(21)23)15(13)11-18(21)22/h3-7,13,15,18,20H,2,8-12H2,1H3/t13-,15+,18-,20-,21+/m1/s1. The molecule has 0 aromatic heterocycles. The molecule has 0 unspecified atom stereocenters. The van der Waals surface area contributed by atoms with Gasteiger partial charge in [0.1, 0.15) is 0 Å². The Bertz CT molecular complexity index is 784. The third-order valence-corrected chi connectivity index (χ3v) is 7.82. The minimum atomic E-state index is 0.160. The number of para-hydroxylation sites is 1. The Morgan fingerprint density at radius 2 is 2.17 bits per heavy atom. The third-order valence-electron chi connectivity index (χ3n) is 7.82. The fourth-order valence-electron chi connectivity index (χ4n) is 6.96. The van der Waals surface area contributed by atoms with E-state index in [0.717, 1.165) is 5.92 Å². The summed E-state index contributed by atoms with van der Waals surface area (Å²) in [5.74, 6) is 1.76. The van der Waals surface area contributed by atoms with Crippen LogP contribution < -0.4 is 4.90 Å². The Hall–Kier alpha value is -1.61. The highest BCUT2D eigenvalue weighted by Crippen LogP contribution is 2.64. The van der Waals surface area contributed by atoms with Crippen LogP contribution in [0.25, 0.3) is 0 Å². The van der Waals surface area contributed by atoms with E-state index in [1.54, 1.807) is 5.57 Å². The largest absolute Gasteiger partial charge is 0.304 e. The van der Waals surface area contributed by atoms with Gasteiger partial charge in [-0.15, -0.1) is 0 Å². The smallest absolute Gasteiger partial charge is 0.231 e. The van der Waals surface area contributed by atoms with E-state index in [1.165, 1.54) is 43.6 Å². The van der Waals surface area contributed by atoms with Gasteiger partial charge in [-0.1, -0.05) is 37.6 Å². The molecule has 24 heavy (non-hydrogen) atoms. The van der Waals surface area contributed by atoms with E-state index >= 15 is 0 Å². The third kappa shape index (κ3) is 1.31. The van der Waals surface area contributed by atoms with E-state index in [4.69, 9.17) is 0 Å². The van der Waals surface area contributed by atoms with Gasteiger partial charge in [0.25, 0.3) is 0 Å². The molecule has 1 amide bonds. The fourth-order valence-corrected chi connectivity index (χ4v) is 6.96. The van der Waals surface area contributed by atoms with Crippen LogP contribution in [0.1, 0.15) is 38.2 Å². The van der Waals surface area contributed by atoms with Crippen molar-refractivity contribution in [1.82, 2.24) is 4.90 Å². The van der Waals surface area contributed by atoms with Gasteiger partial charge in [0.15, 0.2) is 0 Å². The minimum Gasteiger partial charge on any atom is -0.304 e. The molecule has 6 rings (SSSR count). The highest BCUT2D eigenvalue weighted by atomic mass is 16.2. The molecule has 0 N–H and O–H groups in total. The number of carbonyl (C=O) groups excluding carboxylic acids is 1. The summed E-state index contributed by atoms with van der Waals surface area (Å²) in [5.41, 5.74) is 4.43. The first-order chi connectivity index (χ1) is 11.8. The monoisotopic (exact) mass is 320 g/mol. The van der Waals surface area contributed by atoms with Crippen molar-refractivity contribution in [1.29, 1.82) is 0 Å². The van der Waals surface area contributed by atoms with Gasteiger partial charge in [0, 0.05) is 30.1 Å². The van der Waals surface area contributed by atoms with Crippen LogP contribution in [0.4, 0.5) is 5.69 Å². The van der Waals surface area contributed by atoms with Crippen LogP contribution in [0.2, 0.25) is 0 Å². The Morgan fingerprint density at radius 3 is 3.04 bits per heavy atom. The first-order valence-corrected chi connectivity index (χ1v) is 9.61. The zero-order chi connectivity index (χ0) is 16.1. The lowest BCUT2D eigenvalue weighted by atomic mass is 9.56. The summed E-state index contributed by atoms with van der Waals surface area (Å²) >= 11 is 0. The molecule has 1 saturated carbocycles. The summed E-state index contributed by atoms with van der Waals surface area (Å²) in [5, 5.41) is 0. The molecule has 3 heteroatoms. The highest BCUT2D eigenvalue weighted by molar-refractivity contribution is 6.00. The van der Waals surface area contributed by atoms with E-state index < -0.39 is 0 Å². The summed E-state index contributed by atoms with van der Waals surface area (Å²) in [6.45, 7) is 4.81. The number of amides is 1. The number of hydrogen-bond acceptors (Lipinski definition) is 2. The number of rotatable bonds is 1. The molecule has 4 heterocycles. The predicted molar refractivity (Wildman–Crippen MR) is 94.0 cm³/mol. The lowest BCUT2D eigenvalue weighted by Crippen LogP contribution is -2.64. The number of nitrogens with zero attached hydrogens (tertiary/aromatic N) is 2. The second-order valence-electron chi connectivity index (χ2n) is 8.40. The molecule has 2 bridgehead atoms. The molecule has 5 aliphatic rings. The van der Waals surface area contributed by atoms with Gasteiger partial charge in [0.05, 0.1) is 6.04 Å². The summed E-state index contributed by atoms with van der Waals surface area (Å²) in [4.78, 5) is 17.8. The maximum Gasteiger partial charge on any atom is 0.231 e. The molecule has 1 spiro atoms. The van der Waals surface area contributed by atoms with E-state index in [-0.39, 0.29) is 5.41 Å². The maximum absolute atomic E-state index is 12.9. The number of fused-ring (bicyclic) bond motifs is 4. The molecule has 0 radical (unpaired) electrons. The van der Waals surface area contributed by atoms with Gasteiger partial charge in [-0.05, 0) is 48.4 Å². The van der Waals surface area contributed by atoms with Crippen LogP contribution in [0, 0.1) is 11.8 Å². The SMILES string of the molecule is CC[C@@H]1CN2CC[C@]34c5ccccc5N5C(=O)CC=C([C@H]1C[C@@H]23)[C@@H]54. The minimum absolute atomic E-state index is 0.160. The van der Waals surface area contributed by atoms with Crippen molar-refractivity contribution in [3.63, 3.8) is 0 Å². The topological polar surface area (TPSA) is 23.6 Å². The van der Waals surface area contributed by atoms with Crippen molar-refractivity contribution in [2.45, 2.75) is 50.1 Å². The van der Waals surface area contributed by atoms with Gasteiger partial charge >= 0.3 is 0 Å². The molecule has 1 aromatic rings. The average Bonchev–Trinajstić information content (AvgIpc) is 3.15. The second kappa shape index (κ2) is 4.32.